The Hall–Kier alpha value is 0.415. The zero-order valence-corrected chi connectivity index (χ0v) is 20.3. The fraction of sp³-hybridized carbons (Fsp3) is 0.611. The Kier molecular flexibility index (Phi) is 20.9. The Bertz CT molecular complexity index is 372. The van der Waals surface area contributed by atoms with Crippen molar-refractivity contribution in [1.82, 2.24) is 0 Å². The predicted octanol–water partition coefficient (Wildman–Crippen LogP) is 1.20. The van der Waals surface area contributed by atoms with Gasteiger partial charge < -0.3 is 19.6 Å². The maximum atomic E-state index is 11.5. The quantitative estimate of drug-likeness (QED) is 0.561. The molecule has 1 aromatic rings. The van der Waals surface area contributed by atoms with Gasteiger partial charge in [0.25, 0.3) is 0 Å². The minimum Gasteiger partial charge on any atom is -0.648 e. The van der Waals surface area contributed by atoms with Crippen LogP contribution in [0.15, 0.2) is 30.3 Å². The molecule has 1 rings (SSSR count). The monoisotopic (exact) mass is 393 g/mol. The van der Waals surface area contributed by atoms with E-state index >= 15 is 0 Å². The maximum absolute atomic E-state index is 11.5. The van der Waals surface area contributed by atoms with Crippen molar-refractivity contribution in [3.63, 3.8) is 0 Å². The standard InChI is InChI=1S/C16H25NO3.C2H6.Rb/c1-14(2)12-19-9-6-10-20-13-16(18)17-11-15-7-4-3-5-8-15;1-2;/h3-5,7-8,14H,6,9-13H2,1-2H3,(H,17,18);1-2H3;/q;;+1/p-1. The first-order valence-corrected chi connectivity index (χ1v) is 8.08. The molecule has 126 valence electrons. The first-order chi connectivity index (χ1) is 10.7. The van der Waals surface area contributed by atoms with E-state index < -0.39 is 0 Å². The van der Waals surface area contributed by atoms with Gasteiger partial charge in [0.05, 0.1) is 12.5 Å². The van der Waals surface area contributed by atoms with Crippen LogP contribution in [0.5, 0.6) is 0 Å². The van der Waals surface area contributed by atoms with Crippen molar-refractivity contribution in [3.05, 3.63) is 41.2 Å². The third kappa shape index (κ3) is 17.0. The van der Waals surface area contributed by atoms with Gasteiger partial charge in [-0.2, -0.15) is 0 Å². The molecule has 0 atom stereocenters. The summed E-state index contributed by atoms with van der Waals surface area (Å²) in [4.78, 5) is 11.5. The Balaban J connectivity index is 0. The molecule has 0 aliphatic heterocycles. The number of hydrogen-bond donors (Lipinski definition) is 0. The summed E-state index contributed by atoms with van der Waals surface area (Å²) < 4.78 is 10.7. The molecule has 0 bridgehead atoms. The molecule has 0 saturated carbocycles. The summed E-state index contributed by atoms with van der Waals surface area (Å²) in [6, 6.07) is 9.70. The summed E-state index contributed by atoms with van der Waals surface area (Å²) in [6.07, 6.45) is 0.804. The first-order valence-electron chi connectivity index (χ1n) is 8.08. The topological polar surface area (TPSA) is 49.6 Å². The fourth-order valence-electron chi connectivity index (χ4n) is 1.55. The summed E-state index contributed by atoms with van der Waals surface area (Å²) in [6.45, 7) is 10.7. The van der Waals surface area contributed by atoms with Gasteiger partial charge in [0.2, 0.25) is 0 Å². The second-order valence-electron chi connectivity index (χ2n) is 5.07. The van der Waals surface area contributed by atoms with Gasteiger partial charge in [0.1, 0.15) is 0 Å². The number of rotatable bonds is 10. The molecule has 0 radical (unpaired) electrons. The van der Waals surface area contributed by atoms with Gasteiger partial charge >= 0.3 is 58.2 Å². The third-order valence-corrected chi connectivity index (χ3v) is 2.53. The van der Waals surface area contributed by atoms with Crippen LogP contribution >= 0.6 is 0 Å². The molecule has 1 amide bonds. The van der Waals surface area contributed by atoms with Crippen molar-refractivity contribution >= 4 is 5.91 Å². The van der Waals surface area contributed by atoms with Gasteiger partial charge in [-0.15, -0.1) is 6.54 Å². The van der Waals surface area contributed by atoms with Gasteiger partial charge in [-0.3, -0.25) is 0 Å². The molecule has 1 aromatic carbocycles. The second kappa shape index (κ2) is 18.7. The number of benzene rings is 1. The molecular weight excluding hydrogens is 364 g/mol. The summed E-state index contributed by atoms with van der Waals surface area (Å²) in [5.41, 5.74) is 1.03. The van der Waals surface area contributed by atoms with E-state index in [0.717, 1.165) is 18.6 Å². The zero-order chi connectivity index (χ0) is 16.6. The van der Waals surface area contributed by atoms with Crippen molar-refractivity contribution in [1.29, 1.82) is 0 Å². The van der Waals surface area contributed by atoms with Gasteiger partial charge in [-0.25, -0.2) is 0 Å². The van der Waals surface area contributed by atoms with E-state index in [4.69, 9.17) is 9.47 Å². The number of hydrogen-bond acceptors (Lipinski definition) is 3. The molecule has 0 unspecified atom stereocenters. The van der Waals surface area contributed by atoms with Crippen LogP contribution in [0.3, 0.4) is 0 Å². The molecule has 0 aliphatic carbocycles. The van der Waals surface area contributed by atoms with Gasteiger partial charge in [-0.05, 0) is 12.3 Å². The maximum Gasteiger partial charge on any atom is 1.00 e. The molecule has 0 saturated heterocycles. The van der Waals surface area contributed by atoms with E-state index in [1.165, 1.54) is 0 Å². The Morgan fingerprint density at radius 1 is 1.09 bits per heavy atom. The molecular formula is C18H30NO3Rb. The van der Waals surface area contributed by atoms with Crippen molar-refractivity contribution in [2.45, 2.75) is 40.7 Å². The summed E-state index contributed by atoms with van der Waals surface area (Å²) in [7, 11) is 0. The molecule has 0 aliphatic rings. The van der Waals surface area contributed by atoms with Gasteiger partial charge in [0.15, 0.2) is 0 Å². The Labute approximate surface area is 190 Å². The summed E-state index contributed by atoms with van der Waals surface area (Å²) in [5.74, 6) is 0.339. The number of carbonyl (C=O) groups is 1. The van der Waals surface area contributed by atoms with Crippen LogP contribution in [-0.4, -0.2) is 32.3 Å². The average Bonchev–Trinajstić information content (AvgIpc) is 2.54. The van der Waals surface area contributed by atoms with Gasteiger partial charge in [-0.1, -0.05) is 63.6 Å². The van der Waals surface area contributed by atoms with Crippen LogP contribution in [0.25, 0.3) is 5.32 Å². The summed E-state index contributed by atoms with van der Waals surface area (Å²) >= 11 is 0. The predicted molar refractivity (Wildman–Crippen MR) is 91.0 cm³/mol. The van der Waals surface area contributed by atoms with E-state index in [9.17, 15) is 4.79 Å². The largest absolute Gasteiger partial charge is 1.00 e. The Morgan fingerprint density at radius 2 is 1.70 bits per heavy atom. The summed E-state index contributed by atoms with van der Waals surface area (Å²) in [5, 5.41) is 3.96. The third-order valence-electron chi connectivity index (χ3n) is 2.53. The van der Waals surface area contributed by atoms with E-state index in [-0.39, 0.29) is 70.7 Å². The van der Waals surface area contributed by atoms with Crippen LogP contribution in [-0.2, 0) is 20.8 Å². The molecule has 0 spiro atoms. The zero-order valence-electron chi connectivity index (χ0n) is 15.4. The van der Waals surface area contributed by atoms with E-state index in [2.05, 4.69) is 19.2 Å². The molecule has 4 nitrogen and oxygen atoms in total. The van der Waals surface area contributed by atoms with Crippen LogP contribution in [0.2, 0.25) is 0 Å². The van der Waals surface area contributed by atoms with E-state index in [1.54, 1.807) is 0 Å². The van der Waals surface area contributed by atoms with E-state index in [0.29, 0.717) is 25.7 Å². The molecule has 0 N–H and O–H groups in total. The van der Waals surface area contributed by atoms with Crippen LogP contribution in [0.4, 0.5) is 0 Å². The van der Waals surface area contributed by atoms with Crippen molar-refractivity contribution in [3.8, 4) is 0 Å². The number of amides is 1. The molecule has 23 heavy (non-hydrogen) atoms. The number of ether oxygens (including phenoxy) is 2. The fourth-order valence-corrected chi connectivity index (χ4v) is 1.55. The average molecular weight is 394 g/mol. The van der Waals surface area contributed by atoms with Crippen molar-refractivity contribution in [2.75, 3.05) is 26.4 Å². The van der Waals surface area contributed by atoms with Gasteiger partial charge in [0, 0.05) is 19.8 Å². The normalized spacial score (nSPS) is 9.61. The van der Waals surface area contributed by atoms with E-state index in [1.807, 2.05) is 44.2 Å². The SMILES string of the molecule is CC.CC(C)COCCCOCC(=O)[N-]Cc1ccccc1.[Rb+]. The molecule has 5 heteroatoms. The number of carbonyl (C=O) groups excluding carboxylic acids is 1. The first kappa shape index (κ1) is 25.7. The number of nitrogens with zero attached hydrogens (tertiary/aromatic N) is 1. The van der Waals surface area contributed by atoms with Crippen molar-refractivity contribution in [2.24, 2.45) is 5.92 Å². The second-order valence-corrected chi connectivity index (χ2v) is 5.07. The Morgan fingerprint density at radius 3 is 2.30 bits per heavy atom. The minimum absolute atomic E-state index is 0. The smallest absolute Gasteiger partial charge is 0.648 e. The minimum atomic E-state index is -0.211. The van der Waals surface area contributed by atoms with Crippen LogP contribution in [0.1, 0.15) is 39.7 Å². The van der Waals surface area contributed by atoms with Crippen molar-refractivity contribution < 1.29 is 72.5 Å². The molecule has 0 aromatic heterocycles. The molecule has 0 heterocycles. The molecule has 0 fully saturated rings. The van der Waals surface area contributed by atoms with Crippen LogP contribution < -0.4 is 58.2 Å². The van der Waals surface area contributed by atoms with Crippen LogP contribution in [0, 0.1) is 5.92 Å².